The summed E-state index contributed by atoms with van der Waals surface area (Å²) in [6, 6.07) is 17.6. The molecule has 2 aromatic carbocycles. The Bertz CT molecular complexity index is 987. The number of hydrogen-bond donors (Lipinski definition) is 0. The Hall–Kier alpha value is -3.68. The first-order chi connectivity index (χ1) is 13.8. The van der Waals surface area contributed by atoms with Gasteiger partial charge in [-0.3, -0.25) is 9.69 Å². The van der Waals surface area contributed by atoms with Crippen molar-refractivity contribution in [3.63, 3.8) is 0 Å². The van der Waals surface area contributed by atoms with Gasteiger partial charge in [0.15, 0.2) is 0 Å². The van der Waals surface area contributed by atoms with Gasteiger partial charge in [-0.1, -0.05) is 66.4 Å². The van der Waals surface area contributed by atoms with Crippen molar-refractivity contribution >= 4 is 24.3 Å². The first-order valence-corrected chi connectivity index (χ1v) is 9.14. The highest BCUT2D eigenvalue weighted by molar-refractivity contribution is 5.96. The van der Waals surface area contributed by atoms with E-state index >= 15 is 0 Å². The third-order valence-corrected chi connectivity index (χ3v) is 4.17. The predicted octanol–water partition coefficient (Wildman–Crippen LogP) is 5.51. The minimum atomic E-state index is -0.0801. The molecule has 0 N–H and O–H groups in total. The average Bonchev–Trinajstić information content (AvgIpc) is 2.76. The lowest BCUT2D eigenvalue weighted by molar-refractivity contribution is 0.0869. The van der Waals surface area contributed by atoms with Crippen LogP contribution in [0.15, 0.2) is 102 Å². The highest BCUT2D eigenvalue weighted by Gasteiger charge is 2.12. The Balaban J connectivity index is 1.64. The van der Waals surface area contributed by atoms with E-state index in [1.54, 1.807) is 24.3 Å². The molecule has 0 aromatic heterocycles. The first-order valence-electron chi connectivity index (χ1n) is 9.14. The van der Waals surface area contributed by atoms with Crippen LogP contribution >= 0.6 is 0 Å². The minimum absolute atomic E-state index is 0.0801. The summed E-state index contributed by atoms with van der Waals surface area (Å²) >= 11 is 0. The monoisotopic (exact) mass is 366 g/mol. The van der Waals surface area contributed by atoms with Gasteiger partial charge >= 0.3 is 0 Å². The molecule has 0 radical (unpaired) electrons. The fourth-order valence-corrected chi connectivity index (χ4v) is 2.63. The quantitative estimate of drug-likeness (QED) is 0.490. The standard InChI is InChI=1S/C25H22N2O/c1-26-18-6-5-9-22-12-14-24(15-13-22)25(28)27-19-16-23(17-20-27)11-10-21-7-3-2-4-8-21/h2-5,7-16,18-20H,6H2,1H3/b9-5+,11-10?,26-18?. The summed E-state index contributed by atoms with van der Waals surface area (Å²) in [5.74, 6) is -0.0801. The number of benzene rings is 2. The van der Waals surface area contributed by atoms with Crippen LogP contribution in [0.1, 0.15) is 27.9 Å². The fraction of sp³-hybridized carbons (Fsp3) is 0.0800. The van der Waals surface area contributed by atoms with Gasteiger partial charge in [0.2, 0.25) is 0 Å². The Morgan fingerprint density at radius 3 is 2.43 bits per heavy atom. The number of hydrogen-bond acceptors (Lipinski definition) is 2. The summed E-state index contributed by atoms with van der Waals surface area (Å²) in [7, 11) is 1.76. The van der Waals surface area contributed by atoms with Crippen LogP contribution in [0, 0.1) is 0 Å². The highest BCUT2D eigenvalue weighted by Crippen LogP contribution is 2.14. The van der Waals surface area contributed by atoms with E-state index in [4.69, 9.17) is 0 Å². The van der Waals surface area contributed by atoms with Crippen LogP contribution in [0.4, 0.5) is 0 Å². The lowest BCUT2D eigenvalue weighted by Gasteiger charge is -2.15. The Labute approximate surface area is 166 Å². The highest BCUT2D eigenvalue weighted by atomic mass is 16.2. The van der Waals surface area contributed by atoms with Gasteiger partial charge in [0.25, 0.3) is 5.91 Å². The Morgan fingerprint density at radius 1 is 1.00 bits per heavy atom. The number of carbonyl (C=O) groups is 1. The predicted molar refractivity (Wildman–Crippen MR) is 117 cm³/mol. The van der Waals surface area contributed by atoms with Crippen LogP contribution < -0.4 is 0 Å². The van der Waals surface area contributed by atoms with Crippen LogP contribution in [-0.2, 0) is 0 Å². The average molecular weight is 366 g/mol. The molecule has 0 unspecified atom stereocenters. The van der Waals surface area contributed by atoms with Crippen molar-refractivity contribution in [2.24, 2.45) is 4.99 Å². The van der Waals surface area contributed by atoms with Gasteiger partial charge in [-0.05, 0) is 35.4 Å². The molecule has 138 valence electrons. The second-order valence-electron chi connectivity index (χ2n) is 6.20. The van der Waals surface area contributed by atoms with Gasteiger partial charge in [0.05, 0.1) is 6.20 Å². The second-order valence-corrected chi connectivity index (χ2v) is 6.20. The SMILES string of the molecule is CN=CC/C=C/c1ccc(C(=O)N2C=C=C(C=Cc3ccccc3)C=C2)cc1. The normalized spacial score (nSPS) is 13.8. The molecule has 28 heavy (non-hydrogen) atoms. The van der Waals surface area contributed by atoms with Crippen molar-refractivity contribution in [3.05, 3.63) is 113 Å². The molecule has 0 bridgehead atoms. The summed E-state index contributed by atoms with van der Waals surface area (Å²) in [6.45, 7) is 0. The maximum Gasteiger partial charge on any atom is 0.262 e. The molecular weight excluding hydrogens is 344 g/mol. The molecule has 1 aliphatic heterocycles. The summed E-state index contributed by atoms with van der Waals surface area (Å²) < 4.78 is 0. The third-order valence-electron chi connectivity index (χ3n) is 4.17. The fourth-order valence-electron chi connectivity index (χ4n) is 2.63. The molecule has 1 heterocycles. The Kier molecular flexibility index (Phi) is 6.73. The van der Waals surface area contributed by atoms with E-state index in [9.17, 15) is 4.79 Å². The van der Waals surface area contributed by atoms with Gasteiger partial charge in [0, 0.05) is 37.0 Å². The minimum Gasteiger partial charge on any atom is -0.301 e. The van der Waals surface area contributed by atoms with Crippen LogP contribution in [0.3, 0.4) is 0 Å². The maximum atomic E-state index is 12.6. The number of aliphatic imine (C=N–C) groups is 1. The van der Waals surface area contributed by atoms with Crippen molar-refractivity contribution in [1.29, 1.82) is 0 Å². The van der Waals surface area contributed by atoms with E-state index in [2.05, 4.69) is 10.7 Å². The van der Waals surface area contributed by atoms with Crippen molar-refractivity contribution in [3.8, 4) is 0 Å². The number of allylic oxidation sites excluding steroid dienone is 4. The lowest BCUT2D eigenvalue weighted by atomic mass is 10.1. The van der Waals surface area contributed by atoms with Gasteiger partial charge in [-0.15, -0.1) is 0 Å². The molecule has 0 saturated carbocycles. The molecule has 0 spiro atoms. The van der Waals surface area contributed by atoms with Gasteiger partial charge in [0.1, 0.15) is 0 Å². The van der Waals surface area contributed by atoms with Crippen molar-refractivity contribution < 1.29 is 4.79 Å². The van der Waals surface area contributed by atoms with Crippen molar-refractivity contribution in [2.75, 3.05) is 7.05 Å². The van der Waals surface area contributed by atoms with Gasteiger partial charge < -0.3 is 4.99 Å². The zero-order chi connectivity index (χ0) is 19.6. The Morgan fingerprint density at radius 2 is 1.75 bits per heavy atom. The van der Waals surface area contributed by atoms with Gasteiger partial charge in [-0.25, -0.2) is 0 Å². The van der Waals surface area contributed by atoms with E-state index in [-0.39, 0.29) is 5.91 Å². The molecule has 1 aliphatic rings. The van der Waals surface area contributed by atoms with Crippen molar-refractivity contribution in [1.82, 2.24) is 4.90 Å². The van der Waals surface area contributed by atoms with Gasteiger partial charge in [-0.2, -0.15) is 0 Å². The zero-order valence-corrected chi connectivity index (χ0v) is 15.8. The number of carbonyl (C=O) groups excluding carboxylic acids is 1. The van der Waals surface area contributed by atoms with Crippen LogP contribution in [0.25, 0.3) is 12.2 Å². The van der Waals surface area contributed by atoms with E-state index < -0.39 is 0 Å². The van der Waals surface area contributed by atoms with E-state index in [1.165, 1.54) is 0 Å². The maximum absolute atomic E-state index is 12.6. The van der Waals surface area contributed by atoms with E-state index in [0.717, 1.165) is 23.1 Å². The summed E-state index contributed by atoms with van der Waals surface area (Å²) in [5, 5.41) is 0. The smallest absolute Gasteiger partial charge is 0.262 e. The molecule has 0 atom stereocenters. The number of nitrogens with zero attached hydrogens (tertiary/aromatic N) is 2. The summed E-state index contributed by atoms with van der Waals surface area (Å²) in [6.07, 6.45) is 16.0. The molecule has 0 saturated heterocycles. The molecule has 0 fully saturated rings. The van der Waals surface area contributed by atoms with Crippen LogP contribution in [0.5, 0.6) is 0 Å². The largest absolute Gasteiger partial charge is 0.301 e. The molecule has 0 aliphatic carbocycles. The number of amides is 1. The zero-order valence-electron chi connectivity index (χ0n) is 15.8. The number of rotatable bonds is 6. The molecule has 2 aromatic rings. The third kappa shape index (κ3) is 5.41. The molecule has 3 heteroatoms. The van der Waals surface area contributed by atoms with Crippen LogP contribution in [-0.4, -0.2) is 24.1 Å². The van der Waals surface area contributed by atoms with E-state index in [0.29, 0.717) is 5.56 Å². The first kappa shape index (κ1) is 19.1. The second kappa shape index (κ2) is 9.86. The van der Waals surface area contributed by atoms with Crippen LogP contribution in [0.2, 0.25) is 0 Å². The lowest BCUT2D eigenvalue weighted by Crippen LogP contribution is -2.20. The summed E-state index contributed by atoms with van der Waals surface area (Å²) in [5.41, 5.74) is 6.88. The molecule has 1 amide bonds. The topological polar surface area (TPSA) is 32.7 Å². The summed E-state index contributed by atoms with van der Waals surface area (Å²) in [4.78, 5) is 18.1. The molecule has 3 nitrogen and oxygen atoms in total. The van der Waals surface area contributed by atoms with E-state index in [1.807, 2.05) is 91.2 Å². The molecule has 3 rings (SSSR count). The van der Waals surface area contributed by atoms with Crippen molar-refractivity contribution in [2.45, 2.75) is 6.42 Å². The molecular formula is C25H22N2O.